The Morgan fingerprint density at radius 1 is 1.54 bits per heavy atom. The zero-order valence-electron chi connectivity index (χ0n) is 8.52. The van der Waals surface area contributed by atoms with Crippen LogP contribution in [0.25, 0.3) is 0 Å². The van der Waals surface area contributed by atoms with Crippen LogP contribution in [0.5, 0.6) is 0 Å². The summed E-state index contributed by atoms with van der Waals surface area (Å²) in [4.78, 5) is 11.4. The van der Waals surface area contributed by atoms with Crippen LogP contribution in [0, 0.1) is 5.41 Å². The highest BCUT2D eigenvalue weighted by atomic mass is 16.5. The van der Waals surface area contributed by atoms with Gasteiger partial charge in [-0.25, -0.2) is 0 Å². The van der Waals surface area contributed by atoms with Crippen LogP contribution in [0.15, 0.2) is 0 Å². The van der Waals surface area contributed by atoms with Gasteiger partial charge in [-0.15, -0.1) is 0 Å². The van der Waals surface area contributed by atoms with Crippen molar-refractivity contribution in [1.82, 2.24) is 5.32 Å². The average Bonchev–Trinajstić information content (AvgIpc) is 1.97. The summed E-state index contributed by atoms with van der Waals surface area (Å²) < 4.78 is 5.41. The van der Waals surface area contributed by atoms with Crippen LogP contribution in [0.1, 0.15) is 33.1 Å². The molecular formula is C10H17NO2. The molecule has 1 amide bonds. The molecule has 1 aliphatic heterocycles. The minimum absolute atomic E-state index is 0.0699. The summed E-state index contributed by atoms with van der Waals surface area (Å²) >= 11 is 0. The first-order valence-corrected chi connectivity index (χ1v) is 4.89. The van der Waals surface area contributed by atoms with Gasteiger partial charge in [-0.3, -0.25) is 4.79 Å². The highest BCUT2D eigenvalue weighted by Gasteiger charge is 2.63. The van der Waals surface area contributed by atoms with Gasteiger partial charge in [0.2, 0.25) is 5.91 Å². The second-order valence-electron chi connectivity index (χ2n) is 4.72. The first-order chi connectivity index (χ1) is 6.03. The number of carbonyl (C=O) groups is 1. The van der Waals surface area contributed by atoms with Gasteiger partial charge < -0.3 is 10.1 Å². The Morgan fingerprint density at radius 3 is 2.46 bits per heavy atom. The third kappa shape index (κ3) is 0.966. The van der Waals surface area contributed by atoms with Crippen molar-refractivity contribution in [2.75, 3.05) is 7.11 Å². The van der Waals surface area contributed by atoms with Crippen molar-refractivity contribution in [3.05, 3.63) is 0 Å². The SMILES string of the molecule is COC(C)(C)C1NC(=O)C12CCC2. The molecule has 1 saturated carbocycles. The van der Waals surface area contributed by atoms with Crippen LogP contribution in [0.4, 0.5) is 0 Å². The quantitative estimate of drug-likeness (QED) is 0.650. The molecule has 74 valence electrons. The van der Waals surface area contributed by atoms with Crippen LogP contribution in [0.3, 0.4) is 0 Å². The second-order valence-corrected chi connectivity index (χ2v) is 4.72. The number of carbonyl (C=O) groups excluding carboxylic acids is 1. The van der Waals surface area contributed by atoms with E-state index in [0.717, 1.165) is 12.8 Å². The molecule has 0 aromatic heterocycles. The fourth-order valence-corrected chi connectivity index (χ4v) is 2.50. The van der Waals surface area contributed by atoms with Crippen LogP contribution in [-0.2, 0) is 9.53 Å². The predicted octanol–water partition coefficient (Wildman–Crippen LogP) is 1.08. The third-order valence-corrected chi connectivity index (χ3v) is 3.75. The van der Waals surface area contributed by atoms with Gasteiger partial charge in [-0.2, -0.15) is 0 Å². The Morgan fingerprint density at radius 2 is 2.15 bits per heavy atom. The monoisotopic (exact) mass is 183 g/mol. The standard InChI is InChI=1S/C10H17NO2/c1-9(2,13-3)7-10(5-4-6-10)8(12)11-7/h7H,4-6H2,1-3H3,(H,11,12). The topological polar surface area (TPSA) is 38.3 Å². The van der Waals surface area contributed by atoms with Crippen LogP contribution in [-0.4, -0.2) is 24.7 Å². The maximum Gasteiger partial charge on any atom is 0.228 e. The number of hydrogen-bond donors (Lipinski definition) is 1. The second kappa shape index (κ2) is 2.47. The summed E-state index contributed by atoms with van der Waals surface area (Å²) in [5, 5.41) is 2.96. The van der Waals surface area contributed by atoms with E-state index in [-0.39, 0.29) is 23.0 Å². The molecule has 0 aromatic carbocycles. The average molecular weight is 183 g/mol. The molecule has 0 aromatic rings. The number of hydrogen-bond acceptors (Lipinski definition) is 2. The largest absolute Gasteiger partial charge is 0.377 e. The zero-order valence-corrected chi connectivity index (χ0v) is 8.52. The van der Waals surface area contributed by atoms with Crippen molar-refractivity contribution in [2.45, 2.75) is 44.8 Å². The van der Waals surface area contributed by atoms with E-state index in [9.17, 15) is 4.79 Å². The van der Waals surface area contributed by atoms with Crippen molar-refractivity contribution in [3.63, 3.8) is 0 Å². The normalized spacial score (nSPS) is 30.7. The summed E-state index contributed by atoms with van der Waals surface area (Å²) in [6.45, 7) is 4.08. The Hall–Kier alpha value is -0.570. The molecule has 1 atom stereocenters. The van der Waals surface area contributed by atoms with Crippen molar-refractivity contribution < 1.29 is 9.53 Å². The molecule has 3 nitrogen and oxygen atoms in total. The van der Waals surface area contributed by atoms with E-state index in [1.807, 2.05) is 13.8 Å². The number of nitrogens with one attached hydrogen (secondary N) is 1. The van der Waals surface area contributed by atoms with Crippen LogP contribution in [0.2, 0.25) is 0 Å². The smallest absolute Gasteiger partial charge is 0.228 e. The molecule has 1 aliphatic carbocycles. The fraction of sp³-hybridized carbons (Fsp3) is 0.900. The Balaban J connectivity index is 2.15. The fourth-order valence-electron chi connectivity index (χ4n) is 2.50. The first-order valence-electron chi connectivity index (χ1n) is 4.89. The van der Waals surface area contributed by atoms with E-state index in [1.54, 1.807) is 7.11 Å². The van der Waals surface area contributed by atoms with E-state index in [2.05, 4.69) is 5.32 Å². The zero-order chi connectivity index (χ0) is 9.69. The molecule has 0 bridgehead atoms. The minimum Gasteiger partial charge on any atom is -0.377 e. The molecule has 13 heavy (non-hydrogen) atoms. The molecule has 2 fully saturated rings. The maximum absolute atomic E-state index is 11.4. The van der Waals surface area contributed by atoms with Gasteiger partial charge in [0.1, 0.15) is 0 Å². The Labute approximate surface area is 78.8 Å². The highest BCUT2D eigenvalue weighted by molar-refractivity contribution is 5.91. The molecule has 1 unspecified atom stereocenters. The molecule has 1 heterocycles. The lowest BCUT2D eigenvalue weighted by Crippen LogP contribution is -2.76. The minimum atomic E-state index is -0.228. The van der Waals surface area contributed by atoms with E-state index < -0.39 is 0 Å². The molecular weight excluding hydrogens is 166 g/mol. The summed E-state index contributed by atoms with van der Waals surface area (Å²) in [6.07, 6.45) is 3.26. The molecule has 1 saturated heterocycles. The number of ether oxygens (including phenoxy) is 1. The Kier molecular flexibility index (Phi) is 1.71. The molecule has 1 spiro atoms. The van der Waals surface area contributed by atoms with Gasteiger partial charge in [-0.1, -0.05) is 6.42 Å². The third-order valence-electron chi connectivity index (χ3n) is 3.75. The van der Waals surface area contributed by atoms with Crippen LogP contribution < -0.4 is 5.32 Å². The van der Waals surface area contributed by atoms with Gasteiger partial charge in [0.15, 0.2) is 0 Å². The Bertz CT molecular complexity index is 243. The number of amides is 1. The summed E-state index contributed by atoms with van der Waals surface area (Å²) in [5.74, 6) is 0.230. The number of rotatable bonds is 2. The van der Waals surface area contributed by atoms with E-state index in [4.69, 9.17) is 4.74 Å². The predicted molar refractivity (Wildman–Crippen MR) is 49.3 cm³/mol. The van der Waals surface area contributed by atoms with Crippen molar-refractivity contribution >= 4 is 5.91 Å². The summed E-state index contributed by atoms with van der Waals surface area (Å²) in [5.41, 5.74) is -0.298. The maximum atomic E-state index is 11.4. The van der Waals surface area contributed by atoms with Gasteiger partial charge in [0.05, 0.1) is 17.1 Å². The molecule has 2 rings (SSSR count). The van der Waals surface area contributed by atoms with E-state index >= 15 is 0 Å². The molecule has 3 heteroatoms. The van der Waals surface area contributed by atoms with E-state index in [1.165, 1.54) is 6.42 Å². The highest BCUT2D eigenvalue weighted by Crippen LogP contribution is 2.52. The molecule has 2 aliphatic rings. The van der Waals surface area contributed by atoms with Gasteiger partial charge in [0.25, 0.3) is 0 Å². The number of β-lactam (4-membered cyclic amide) rings is 1. The lowest BCUT2D eigenvalue weighted by Gasteiger charge is -2.59. The molecule has 0 radical (unpaired) electrons. The van der Waals surface area contributed by atoms with Gasteiger partial charge in [-0.05, 0) is 26.7 Å². The number of methoxy groups -OCH3 is 1. The lowest BCUT2D eigenvalue weighted by molar-refractivity contribution is -0.174. The first kappa shape index (κ1) is 9.00. The van der Waals surface area contributed by atoms with E-state index in [0.29, 0.717) is 0 Å². The van der Waals surface area contributed by atoms with Crippen molar-refractivity contribution in [2.24, 2.45) is 5.41 Å². The molecule has 1 N–H and O–H groups in total. The van der Waals surface area contributed by atoms with Crippen LogP contribution >= 0.6 is 0 Å². The van der Waals surface area contributed by atoms with Gasteiger partial charge in [0, 0.05) is 7.11 Å². The summed E-state index contributed by atoms with van der Waals surface area (Å²) in [7, 11) is 1.71. The lowest BCUT2D eigenvalue weighted by atomic mass is 9.55. The summed E-state index contributed by atoms with van der Waals surface area (Å²) in [6, 6.07) is 0.214. The van der Waals surface area contributed by atoms with Crippen molar-refractivity contribution in [1.29, 1.82) is 0 Å². The van der Waals surface area contributed by atoms with Gasteiger partial charge >= 0.3 is 0 Å². The van der Waals surface area contributed by atoms with Crippen molar-refractivity contribution in [3.8, 4) is 0 Å².